The molecule has 1 N–H and O–H groups in total. The molecular weight excluding hydrogens is 199 g/mol. The summed E-state index contributed by atoms with van der Waals surface area (Å²) in [5.74, 6) is 2.58. The zero-order chi connectivity index (χ0) is 9.80. The van der Waals surface area contributed by atoms with Gasteiger partial charge in [-0.3, -0.25) is 4.98 Å². The smallest absolute Gasteiger partial charge is 0.141 e. The van der Waals surface area contributed by atoms with Gasteiger partial charge in [-0.2, -0.15) is 11.8 Å². The van der Waals surface area contributed by atoms with Crippen LogP contribution in [0.4, 0.5) is 4.39 Å². The molecule has 0 atom stereocenters. The monoisotopic (exact) mass is 212 g/mol. The van der Waals surface area contributed by atoms with E-state index in [1.807, 2.05) is 11.8 Å². The normalized spacial score (nSPS) is 16.6. The molecule has 4 heteroatoms. The molecule has 0 saturated carbocycles. The summed E-state index contributed by atoms with van der Waals surface area (Å²) < 4.78 is 12.7. The van der Waals surface area contributed by atoms with Gasteiger partial charge in [0, 0.05) is 11.9 Å². The Balaban J connectivity index is 1.74. The summed E-state index contributed by atoms with van der Waals surface area (Å²) in [6, 6.07) is 1.55. The first-order valence-corrected chi connectivity index (χ1v) is 5.88. The Labute approximate surface area is 87.3 Å². The highest BCUT2D eigenvalue weighted by molar-refractivity contribution is 7.98. The fraction of sp³-hybridized carbons (Fsp3) is 0.500. The predicted molar refractivity (Wildman–Crippen MR) is 56.7 cm³/mol. The molecule has 1 aromatic heterocycles. The number of nitrogens with zero attached hydrogens (tertiary/aromatic N) is 1. The van der Waals surface area contributed by atoms with Crippen molar-refractivity contribution in [3.8, 4) is 0 Å². The van der Waals surface area contributed by atoms with Crippen LogP contribution in [-0.2, 0) is 5.75 Å². The van der Waals surface area contributed by atoms with E-state index in [1.165, 1.54) is 6.20 Å². The summed E-state index contributed by atoms with van der Waals surface area (Å²) in [5.41, 5.74) is 0.974. The van der Waals surface area contributed by atoms with E-state index >= 15 is 0 Å². The zero-order valence-corrected chi connectivity index (χ0v) is 8.69. The van der Waals surface area contributed by atoms with Gasteiger partial charge < -0.3 is 5.32 Å². The van der Waals surface area contributed by atoms with Gasteiger partial charge in [-0.05, 0) is 36.4 Å². The second kappa shape index (κ2) is 4.75. The van der Waals surface area contributed by atoms with Gasteiger partial charge in [0.05, 0.1) is 6.20 Å². The molecule has 1 fully saturated rings. The van der Waals surface area contributed by atoms with E-state index in [-0.39, 0.29) is 5.82 Å². The van der Waals surface area contributed by atoms with Crippen LogP contribution in [-0.4, -0.2) is 23.8 Å². The highest BCUT2D eigenvalue weighted by atomic mass is 32.2. The summed E-state index contributed by atoms with van der Waals surface area (Å²) >= 11 is 1.85. The molecule has 0 radical (unpaired) electrons. The Morgan fingerprint density at radius 3 is 3.00 bits per heavy atom. The van der Waals surface area contributed by atoms with Gasteiger partial charge in [0.2, 0.25) is 0 Å². The van der Waals surface area contributed by atoms with Crippen LogP contribution in [0.5, 0.6) is 0 Å². The third-order valence-electron chi connectivity index (χ3n) is 2.25. The Bertz CT molecular complexity index is 302. The van der Waals surface area contributed by atoms with Gasteiger partial charge in [-0.15, -0.1) is 0 Å². The number of pyridine rings is 1. The maximum atomic E-state index is 12.7. The van der Waals surface area contributed by atoms with Crippen LogP contribution in [0, 0.1) is 11.7 Å². The molecule has 14 heavy (non-hydrogen) atoms. The van der Waals surface area contributed by atoms with Crippen LogP contribution in [0.2, 0.25) is 0 Å². The largest absolute Gasteiger partial charge is 0.316 e. The van der Waals surface area contributed by atoms with Gasteiger partial charge >= 0.3 is 0 Å². The minimum Gasteiger partial charge on any atom is -0.316 e. The van der Waals surface area contributed by atoms with Crippen LogP contribution < -0.4 is 5.32 Å². The van der Waals surface area contributed by atoms with Gasteiger partial charge in [-0.25, -0.2) is 4.39 Å². The van der Waals surface area contributed by atoms with Crippen molar-refractivity contribution in [2.75, 3.05) is 18.8 Å². The van der Waals surface area contributed by atoms with E-state index in [2.05, 4.69) is 10.3 Å². The molecule has 0 aliphatic carbocycles. The molecule has 0 aromatic carbocycles. The van der Waals surface area contributed by atoms with E-state index in [9.17, 15) is 4.39 Å². The average molecular weight is 212 g/mol. The first-order chi connectivity index (χ1) is 6.84. The van der Waals surface area contributed by atoms with E-state index in [1.54, 1.807) is 12.3 Å². The predicted octanol–water partition coefficient (Wildman–Crippen LogP) is 1.67. The molecule has 1 saturated heterocycles. The molecule has 1 aliphatic rings. The molecule has 76 valence electrons. The fourth-order valence-electron chi connectivity index (χ4n) is 1.34. The first-order valence-electron chi connectivity index (χ1n) is 4.72. The highest BCUT2D eigenvalue weighted by Gasteiger charge is 2.15. The van der Waals surface area contributed by atoms with Crippen LogP contribution >= 0.6 is 11.8 Å². The third kappa shape index (κ3) is 2.69. The van der Waals surface area contributed by atoms with E-state index in [4.69, 9.17) is 0 Å². The summed E-state index contributed by atoms with van der Waals surface area (Å²) in [5, 5.41) is 3.23. The minimum absolute atomic E-state index is 0.242. The van der Waals surface area contributed by atoms with E-state index in [0.29, 0.717) is 0 Å². The molecule has 2 nitrogen and oxygen atoms in total. The highest BCUT2D eigenvalue weighted by Crippen LogP contribution is 2.17. The SMILES string of the molecule is Fc1cncc(CSCC2CNC2)c1. The zero-order valence-electron chi connectivity index (χ0n) is 7.87. The Morgan fingerprint density at radius 1 is 1.50 bits per heavy atom. The summed E-state index contributed by atoms with van der Waals surface area (Å²) in [6.07, 6.45) is 2.97. The van der Waals surface area contributed by atoms with Crippen LogP contribution in [0.3, 0.4) is 0 Å². The molecule has 0 bridgehead atoms. The molecule has 0 spiro atoms. The van der Waals surface area contributed by atoms with Crippen molar-refractivity contribution in [3.05, 3.63) is 29.8 Å². The number of hydrogen-bond acceptors (Lipinski definition) is 3. The van der Waals surface area contributed by atoms with Gasteiger partial charge in [-0.1, -0.05) is 0 Å². The number of aromatic nitrogens is 1. The lowest BCUT2D eigenvalue weighted by atomic mass is 10.1. The van der Waals surface area contributed by atoms with Crippen molar-refractivity contribution in [2.24, 2.45) is 5.92 Å². The maximum Gasteiger partial charge on any atom is 0.141 e. The van der Waals surface area contributed by atoms with Crippen molar-refractivity contribution in [2.45, 2.75) is 5.75 Å². The quantitative estimate of drug-likeness (QED) is 0.822. The van der Waals surface area contributed by atoms with Crippen LogP contribution in [0.25, 0.3) is 0 Å². The van der Waals surface area contributed by atoms with Crippen molar-refractivity contribution < 1.29 is 4.39 Å². The van der Waals surface area contributed by atoms with Crippen molar-refractivity contribution in [3.63, 3.8) is 0 Å². The van der Waals surface area contributed by atoms with Gasteiger partial charge in [0.25, 0.3) is 0 Å². The van der Waals surface area contributed by atoms with Crippen molar-refractivity contribution >= 4 is 11.8 Å². The van der Waals surface area contributed by atoms with Crippen LogP contribution in [0.1, 0.15) is 5.56 Å². The molecule has 2 rings (SSSR count). The lowest BCUT2D eigenvalue weighted by Crippen LogP contribution is -2.43. The molecule has 1 aliphatic heterocycles. The summed E-state index contributed by atoms with van der Waals surface area (Å²) in [7, 11) is 0. The summed E-state index contributed by atoms with van der Waals surface area (Å²) in [6.45, 7) is 2.27. The third-order valence-corrected chi connectivity index (χ3v) is 3.49. The molecule has 0 amide bonds. The molecule has 0 unspecified atom stereocenters. The van der Waals surface area contributed by atoms with Crippen LogP contribution in [0.15, 0.2) is 18.5 Å². The number of thioether (sulfide) groups is 1. The van der Waals surface area contributed by atoms with Gasteiger partial charge in [0.1, 0.15) is 5.82 Å². The van der Waals surface area contributed by atoms with E-state index < -0.39 is 0 Å². The Hall–Kier alpha value is -0.610. The number of rotatable bonds is 4. The lowest BCUT2D eigenvalue weighted by Gasteiger charge is -2.26. The standard InChI is InChI=1S/C10H13FN2S/c11-10-1-8(2-13-5-10)6-14-7-9-3-12-4-9/h1-2,5,9,12H,3-4,6-7H2. The average Bonchev–Trinajstić information content (AvgIpc) is 2.09. The number of halogens is 1. The topological polar surface area (TPSA) is 24.9 Å². The molecule has 2 heterocycles. The first kappa shape index (κ1) is 9.93. The van der Waals surface area contributed by atoms with E-state index in [0.717, 1.165) is 36.1 Å². The Kier molecular flexibility index (Phi) is 3.37. The summed E-state index contributed by atoms with van der Waals surface area (Å²) in [4.78, 5) is 3.82. The maximum absolute atomic E-state index is 12.7. The van der Waals surface area contributed by atoms with Gasteiger partial charge in [0.15, 0.2) is 0 Å². The molecular formula is C10H13FN2S. The van der Waals surface area contributed by atoms with Crippen molar-refractivity contribution in [1.82, 2.24) is 10.3 Å². The number of hydrogen-bond donors (Lipinski definition) is 1. The molecule has 1 aromatic rings. The lowest BCUT2D eigenvalue weighted by molar-refractivity contribution is 0.385. The second-order valence-corrected chi connectivity index (χ2v) is 4.58. The minimum atomic E-state index is -0.242. The Morgan fingerprint density at radius 2 is 2.36 bits per heavy atom. The fourth-order valence-corrected chi connectivity index (χ4v) is 2.43. The van der Waals surface area contributed by atoms with Crippen molar-refractivity contribution in [1.29, 1.82) is 0 Å². The second-order valence-electron chi connectivity index (χ2n) is 3.55. The number of nitrogens with one attached hydrogen (secondary N) is 1.